The zero-order valence-corrected chi connectivity index (χ0v) is 22.2. The van der Waals surface area contributed by atoms with Crippen molar-refractivity contribution in [2.75, 3.05) is 32.0 Å². The van der Waals surface area contributed by atoms with Gasteiger partial charge in [0.1, 0.15) is 17.7 Å². The first-order chi connectivity index (χ1) is 18.7. The van der Waals surface area contributed by atoms with Crippen LogP contribution in [0.15, 0.2) is 60.7 Å². The number of allylic oxidation sites excluding steroid dienone is 1. The standard InChI is InChI=1S/C32H34F4N2O/c1-32(35,36)30-19-23(34)8-12-28(30)29-5-2-4-22-18-24(37)9-13-27(22)31(29)21-6-10-25(11-7-21)39-26-14-17-38(20-26)16-3-15-33/h6-13,18-19,26H,2-5,14-17,20,37H2,1H3. The minimum Gasteiger partial charge on any atom is -0.489 e. The van der Waals surface area contributed by atoms with Crippen LogP contribution in [0, 0.1) is 5.82 Å². The van der Waals surface area contributed by atoms with Crippen molar-refractivity contribution in [2.45, 2.75) is 51.1 Å². The number of benzene rings is 3. The fraction of sp³-hybridized carbons (Fsp3) is 0.375. The number of nitrogens with two attached hydrogens (primary N) is 1. The molecular formula is C32H34F4N2O. The molecule has 0 aromatic heterocycles. The van der Waals surface area contributed by atoms with Gasteiger partial charge in [0.15, 0.2) is 0 Å². The van der Waals surface area contributed by atoms with Crippen molar-refractivity contribution in [1.82, 2.24) is 4.90 Å². The molecule has 1 aliphatic heterocycles. The van der Waals surface area contributed by atoms with E-state index in [4.69, 9.17) is 10.5 Å². The van der Waals surface area contributed by atoms with E-state index < -0.39 is 11.7 Å². The van der Waals surface area contributed by atoms with Gasteiger partial charge in [-0.1, -0.05) is 24.3 Å². The van der Waals surface area contributed by atoms with E-state index in [-0.39, 0.29) is 18.3 Å². The zero-order valence-electron chi connectivity index (χ0n) is 22.2. The molecule has 39 heavy (non-hydrogen) atoms. The fourth-order valence-corrected chi connectivity index (χ4v) is 5.82. The monoisotopic (exact) mass is 538 g/mol. The van der Waals surface area contributed by atoms with Crippen molar-refractivity contribution in [3.8, 4) is 5.75 Å². The summed E-state index contributed by atoms with van der Waals surface area (Å²) < 4.78 is 62.3. The molecule has 2 N–H and O–H groups in total. The molecule has 1 fully saturated rings. The second-order valence-corrected chi connectivity index (χ2v) is 10.6. The number of anilines is 1. The number of nitrogens with zero attached hydrogens (tertiary/aromatic N) is 1. The Balaban J connectivity index is 1.55. The lowest BCUT2D eigenvalue weighted by atomic mass is 9.85. The molecule has 0 saturated carbocycles. The van der Waals surface area contributed by atoms with Gasteiger partial charge < -0.3 is 10.5 Å². The van der Waals surface area contributed by atoms with Gasteiger partial charge in [0, 0.05) is 37.8 Å². The summed E-state index contributed by atoms with van der Waals surface area (Å²) >= 11 is 0. The Morgan fingerprint density at radius 1 is 1.00 bits per heavy atom. The van der Waals surface area contributed by atoms with Crippen molar-refractivity contribution < 1.29 is 22.3 Å². The average molecular weight is 539 g/mol. The highest BCUT2D eigenvalue weighted by Gasteiger charge is 2.31. The fourth-order valence-electron chi connectivity index (χ4n) is 5.82. The molecular weight excluding hydrogens is 504 g/mol. The van der Waals surface area contributed by atoms with Gasteiger partial charge in [-0.2, -0.15) is 0 Å². The van der Waals surface area contributed by atoms with E-state index in [1.807, 2.05) is 42.5 Å². The van der Waals surface area contributed by atoms with Crippen molar-refractivity contribution in [3.63, 3.8) is 0 Å². The van der Waals surface area contributed by atoms with Gasteiger partial charge in [0.25, 0.3) is 5.92 Å². The highest BCUT2D eigenvalue weighted by atomic mass is 19.3. The van der Waals surface area contributed by atoms with Crippen molar-refractivity contribution in [2.24, 2.45) is 0 Å². The van der Waals surface area contributed by atoms with Gasteiger partial charge in [0.2, 0.25) is 0 Å². The van der Waals surface area contributed by atoms with Crippen LogP contribution in [0.5, 0.6) is 5.75 Å². The van der Waals surface area contributed by atoms with Crippen LogP contribution in [0.25, 0.3) is 11.1 Å². The number of halogens is 4. The molecule has 1 atom stereocenters. The molecule has 7 heteroatoms. The van der Waals surface area contributed by atoms with Gasteiger partial charge in [-0.15, -0.1) is 0 Å². The first-order valence-electron chi connectivity index (χ1n) is 13.6. The first kappa shape index (κ1) is 27.3. The SMILES string of the molecule is CC(F)(F)c1cc(F)ccc1C1=C(c2ccc(OC3CCN(CCCF)C3)cc2)c2ccc(N)cc2CCC1. The molecule has 1 heterocycles. The number of likely N-dealkylation sites (tertiary alicyclic amines) is 1. The molecule has 3 nitrogen and oxygen atoms in total. The molecule has 0 bridgehead atoms. The lowest BCUT2D eigenvalue weighted by Crippen LogP contribution is -2.26. The number of rotatable bonds is 8. The summed E-state index contributed by atoms with van der Waals surface area (Å²) in [5.74, 6) is -3.16. The van der Waals surface area contributed by atoms with Crippen LogP contribution >= 0.6 is 0 Å². The van der Waals surface area contributed by atoms with Gasteiger partial charge in [-0.25, -0.2) is 13.2 Å². The Kier molecular flexibility index (Phi) is 7.98. The van der Waals surface area contributed by atoms with Crippen LogP contribution in [0.2, 0.25) is 0 Å². The average Bonchev–Trinajstić information content (AvgIpc) is 3.26. The highest BCUT2D eigenvalue weighted by molar-refractivity contribution is 6.00. The Morgan fingerprint density at radius 3 is 2.51 bits per heavy atom. The number of nitrogen functional groups attached to an aromatic ring is 1. The van der Waals surface area contributed by atoms with E-state index in [9.17, 15) is 17.6 Å². The molecule has 206 valence electrons. The Bertz CT molecular complexity index is 1350. The predicted octanol–water partition coefficient (Wildman–Crippen LogP) is 7.63. The lowest BCUT2D eigenvalue weighted by Gasteiger charge is -2.22. The topological polar surface area (TPSA) is 38.5 Å². The maximum absolute atomic E-state index is 14.7. The molecule has 1 aliphatic carbocycles. The van der Waals surface area contributed by atoms with Crippen LogP contribution in [0.4, 0.5) is 23.2 Å². The third-order valence-electron chi connectivity index (χ3n) is 7.64. The van der Waals surface area contributed by atoms with Gasteiger partial charge >= 0.3 is 0 Å². The van der Waals surface area contributed by atoms with Crippen LogP contribution in [-0.2, 0) is 12.3 Å². The quantitative estimate of drug-likeness (QED) is 0.237. The van der Waals surface area contributed by atoms with Crippen molar-refractivity contribution in [3.05, 3.63) is 94.3 Å². The summed E-state index contributed by atoms with van der Waals surface area (Å²) in [4.78, 5) is 2.22. The number of hydrogen-bond donors (Lipinski definition) is 1. The number of alkyl halides is 3. The van der Waals surface area contributed by atoms with E-state index in [0.29, 0.717) is 24.1 Å². The molecule has 5 rings (SSSR count). The third-order valence-corrected chi connectivity index (χ3v) is 7.64. The number of hydrogen-bond acceptors (Lipinski definition) is 3. The molecule has 3 aromatic carbocycles. The molecule has 3 aromatic rings. The maximum atomic E-state index is 14.7. The predicted molar refractivity (Wildman–Crippen MR) is 148 cm³/mol. The largest absolute Gasteiger partial charge is 0.489 e. The molecule has 1 saturated heterocycles. The molecule has 0 spiro atoms. The Labute approximate surface area is 227 Å². The molecule has 2 aliphatic rings. The first-order valence-corrected chi connectivity index (χ1v) is 13.6. The van der Waals surface area contributed by atoms with Gasteiger partial charge in [0.05, 0.1) is 6.67 Å². The van der Waals surface area contributed by atoms with Gasteiger partial charge in [-0.05, 0) is 102 Å². The summed E-state index contributed by atoms with van der Waals surface area (Å²) in [7, 11) is 0. The van der Waals surface area contributed by atoms with E-state index in [0.717, 1.165) is 85.5 Å². The van der Waals surface area contributed by atoms with Crippen LogP contribution in [0.1, 0.15) is 60.4 Å². The number of ether oxygens (including phenoxy) is 1. The van der Waals surface area contributed by atoms with E-state index >= 15 is 0 Å². The van der Waals surface area contributed by atoms with E-state index in [2.05, 4.69) is 4.90 Å². The lowest BCUT2D eigenvalue weighted by molar-refractivity contribution is 0.0168. The number of aryl methyl sites for hydroxylation is 1. The molecule has 0 amide bonds. The van der Waals surface area contributed by atoms with Crippen LogP contribution in [0.3, 0.4) is 0 Å². The zero-order chi connectivity index (χ0) is 27.6. The second-order valence-electron chi connectivity index (χ2n) is 10.6. The van der Waals surface area contributed by atoms with Crippen molar-refractivity contribution in [1.29, 1.82) is 0 Å². The number of fused-ring (bicyclic) bond motifs is 1. The maximum Gasteiger partial charge on any atom is 0.271 e. The summed E-state index contributed by atoms with van der Waals surface area (Å²) in [5.41, 5.74) is 11.3. The minimum atomic E-state index is -3.21. The summed E-state index contributed by atoms with van der Waals surface area (Å²) in [5, 5.41) is 0. The smallest absolute Gasteiger partial charge is 0.271 e. The van der Waals surface area contributed by atoms with E-state index in [1.54, 1.807) is 0 Å². The Hall–Kier alpha value is -3.32. The summed E-state index contributed by atoms with van der Waals surface area (Å²) in [6.45, 7) is 2.89. The van der Waals surface area contributed by atoms with Crippen LogP contribution in [-0.4, -0.2) is 37.3 Å². The van der Waals surface area contributed by atoms with E-state index in [1.165, 1.54) is 12.1 Å². The minimum absolute atomic E-state index is 0.0420. The van der Waals surface area contributed by atoms with Gasteiger partial charge in [-0.3, -0.25) is 9.29 Å². The highest BCUT2D eigenvalue weighted by Crippen LogP contribution is 2.44. The molecule has 1 unspecified atom stereocenters. The summed E-state index contributed by atoms with van der Waals surface area (Å²) in [6, 6.07) is 17.1. The summed E-state index contributed by atoms with van der Waals surface area (Å²) in [6.07, 6.45) is 3.54. The van der Waals surface area contributed by atoms with Crippen molar-refractivity contribution >= 4 is 16.8 Å². The molecule has 0 radical (unpaired) electrons. The van der Waals surface area contributed by atoms with Crippen LogP contribution < -0.4 is 10.5 Å². The Morgan fingerprint density at radius 2 is 1.77 bits per heavy atom. The second kappa shape index (κ2) is 11.4. The normalized spacial score (nSPS) is 18.2. The third kappa shape index (κ3) is 6.14.